The molecule has 7 nitrogen and oxygen atoms in total. The highest BCUT2D eigenvalue weighted by Gasteiger charge is 2.24. The summed E-state index contributed by atoms with van der Waals surface area (Å²) in [5, 5.41) is 1.19. The van der Waals surface area contributed by atoms with Crippen LogP contribution in [0.5, 0.6) is 0 Å². The number of benzene rings is 1. The fraction of sp³-hybridized carbons (Fsp3) is 0.318. The lowest BCUT2D eigenvalue weighted by Gasteiger charge is -2.33. The Hall–Kier alpha value is -2.97. The minimum Gasteiger partial charge on any atom is -0.370 e. The maximum Gasteiger partial charge on any atom is 0.226 e. The average molecular weight is 422 g/mol. The van der Waals surface area contributed by atoms with Crippen LogP contribution in [0.3, 0.4) is 0 Å². The maximum atomic E-state index is 11.5. The third kappa shape index (κ3) is 3.64. The van der Waals surface area contributed by atoms with Gasteiger partial charge >= 0.3 is 0 Å². The van der Waals surface area contributed by atoms with Crippen molar-refractivity contribution in [1.82, 2.24) is 19.9 Å². The van der Waals surface area contributed by atoms with E-state index in [9.17, 15) is 4.79 Å². The normalized spacial score (nSPS) is 17.0. The first-order chi connectivity index (χ1) is 14.6. The number of aromatic nitrogens is 3. The number of aromatic amines is 1. The largest absolute Gasteiger partial charge is 0.370 e. The molecule has 1 fully saturated rings. The van der Waals surface area contributed by atoms with Crippen LogP contribution in [0, 0.1) is 0 Å². The highest BCUT2D eigenvalue weighted by molar-refractivity contribution is 7.18. The Morgan fingerprint density at radius 1 is 1.37 bits per heavy atom. The van der Waals surface area contributed by atoms with Crippen LogP contribution in [0.15, 0.2) is 42.7 Å². The van der Waals surface area contributed by atoms with Crippen molar-refractivity contribution in [1.29, 1.82) is 0 Å². The number of anilines is 1. The monoisotopic (exact) mass is 421 g/mol. The second-order valence-electron chi connectivity index (χ2n) is 7.64. The molecule has 1 N–H and O–H groups in total. The zero-order chi connectivity index (χ0) is 20.7. The number of H-pyrrole nitrogens is 1. The summed E-state index contributed by atoms with van der Waals surface area (Å²) >= 11 is 1.63. The number of ether oxygens (including phenoxy) is 1. The van der Waals surface area contributed by atoms with E-state index >= 15 is 0 Å². The second kappa shape index (κ2) is 7.70. The molecule has 154 valence electrons. The smallest absolute Gasteiger partial charge is 0.226 e. The zero-order valence-electron chi connectivity index (χ0n) is 17.0. The van der Waals surface area contributed by atoms with Gasteiger partial charge in [-0.1, -0.05) is 6.07 Å². The Morgan fingerprint density at radius 3 is 3.13 bits per heavy atom. The molecule has 0 spiro atoms. The van der Waals surface area contributed by atoms with E-state index in [4.69, 9.17) is 9.72 Å². The minimum absolute atomic E-state index is 0.0143. The lowest BCUT2D eigenvalue weighted by Crippen LogP contribution is -2.39. The summed E-state index contributed by atoms with van der Waals surface area (Å²) in [6, 6.07) is 10.5. The molecule has 1 amide bonds. The van der Waals surface area contributed by atoms with Gasteiger partial charge in [-0.2, -0.15) is 0 Å². The SMILES string of the molecule is CC(=O)N(C)Cc1cc2nc(N3CCOC(c4ccc5[nH]ccc5c4)C3)ncc2s1. The molecule has 8 heteroatoms. The molecule has 0 aliphatic carbocycles. The molecule has 1 aliphatic rings. The van der Waals surface area contributed by atoms with Crippen molar-refractivity contribution >= 4 is 44.3 Å². The first-order valence-corrected chi connectivity index (χ1v) is 10.8. The number of nitrogens with zero attached hydrogens (tertiary/aromatic N) is 4. The Bertz CT molecular complexity index is 1220. The van der Waals surface area contributed by atoms with Crippen LogP contribution >= 0.6 is 11.3 Å². The number of nitrogens with one attached hydrogen (secondary N) is 1. The Morgan fingerprint density at radius 2 is 2.27 bits per heavy atom. The Kier molecular flexibility index (Phi) is 4.88. The van der Waals surface area contributed by atoms with E-state index in [0.29, 0.717) is 19.7 Å². The topological polar surface area (TPSA) is 74.3 Å². The third-order valence-corrected chi connectivity index (χ3v) is 6.58. The summed E-state index contributed by atoms with van der Waals surface area (Å²) in [7, 11) is 1.81. The van der Waals surface area contributed by atoms with Gasteiger partial charge in [-0.05, 0) is 35.2 Å². The highest BCUT2D eigenvalue weighted by Crippen LogP contribution is 2.29. The van der Waals surface area contributed by atoms with Crippen LogP contribution in [0.1, 0.15) is 23.5 Å². The molecular weight excluding hydrogens is 398 g/mol. The standard InChI is InChI=1S/C22H23N5O2S/c1-14(28)26(2)12-17-10-19-21(30-17)11-24-22(25-19)27-7-8-29-20(13-27)16-3-4-18-15(9-16)5-6-23-18/h3-6,9-11,20,23H,7-8,12-13H2,1-2H3. The first kappa shape index (κ1) is 19.0. The van der Waals surface area contributed by atoms with Crippen molar-refractivity contribution in [2.75, 3.05) is 31.6 Å². The molecule has 4 heterocycles. The van der Waals surface area contributed by atoms with E-state index in [2.05, 4.69) is 45.2 Å². The summed E-state index contributed by atoms with van der Waals surface area (Å²) in [6.45, 7) is 4.28. The summed E-state index contributed by atoms with van der Waals surface area (Å²) in [5.41, 5.74) is 3.22. The summed E-state index contributed by atoms with van der Waals surface area (Å²) < 4.78 is 7.09. The minimum atomic E-state index is -0.0143. The number of thiophene rings is 1. The molecule has 1 saturated heterocycles. The summed E-state index contributed by atoms with van der Waals surface area (Å²) in [4.78, 5) is 29.2. The van der Waals surface area contributed by atoms with Gasteiger partial charge < -0.3 is 19.5 Å². The van der Waals surface area contributed by atoms with Crippen LogP contribution < -0.4 is 4.90 Å². The van der Waals surface area contributed by atoms with Gasteiger partial charge in [0.05, 0.1) is 36.1 Å². The lowest BCUT2D eigenvalue weighted by atomic mass is 10.1. The van der Waals surface area contributed by atoms with E-state index < -0.39 is 0 Å². The van der Waals surface area contributed by atoms with Gasteiger partial charge in [-0.15, -0.1) is 11.3 Å². The molecule has 1 unspecified atom stereocenters. The van der Waals surface area contributed by atoms with E-state index in [-0.39, 0.29) is 12.0 Å². The van der Waals surface area contributed by atoms with Crippen LogP contribution in [-0.2, 0) is 16.1 Å². The number of carbonyl (C=O) groups is 1. The van der Waals surface area contributed by atoms with Gasteiger partial charge in [-0.25, -0.2) is 9.97 Å². The van der Waals surface area contributed by atoms with Crippen molar-refractivity contribution in [2.45, 2.75) is 19.6 Å². The molecule has 4 aromatic rings. The van der Waals surface area contributed by atoms with Gasteiger partial charge in [0.1, 0.15) is 6.10 Å². The fourth-order valence-electron chi connectivity index (χ4n) is 3.76. The average Bonchev–Trinajstić information content (AvgIpc) is 3.38. The molecule has 0 radical (unpaired) electrons. The van der Waals surface area contributed by atoms with Gasteiger partial charge in [0.15, 0.2) is 0 Å². The fourth-order valence-corrected chi connectivity index (χ4v) is 4.79. The van der Waals surface area contributed by atoms with Gasteiger partial charge in [-0.3, -0.25) is 4.79 Å². The van der Waals surface area contributed by atoms with Gasteiger partial charge in [0.2, 0.25) is 11.9 Å². The van der Waals surface area contributed by atoms with E-state index in [1.165, 1.54) is 5.39 Å². The Labute approximate surface area is 178 Å². The second-order valence-corrected chi connectivity index (χ2v) is 8.81. The molecule has 0 bridgehead atoms. The van der Waals surface area contributed by atoms with E-state index in [0.717, 1.165) is 38.7 Å². The molecule has 1 aromatic carbocycles. The van der Waals surface area contributed by atoms with Crippen molar-refractivity contribution in [3.8, 4) is 0 Å². The van der Waals surface area contributed by atoms with Crippen LogP contribution in [-0.4, -0.2) is 52.5 Å². The van der Waals surface area contributed by atoms with Crippen LogP contribution in [0.2, 0.25) is 0 Å². The Balaban J connectivity index is 1.36. The van der Waals surface area contributed by atoms with Crippen LogP contribution in [0.4, 0.5) is 5.95 Å². The van der Waals surface area contributed by atoms with Crippen molar-refractivity contribution in [3.05, 3.63) is 53.2 Å². The summed E-state index contributed by atoms with van der Waals surface area (Å²) in [5.74, 6) is 0.777. The lowest BCUT2D eigenvalue weighted by molar-refractivity contribution is -0.128. The number of fused-ring (bicyclic) bond motifs is 2. The van der Waals surface area contributed by atoms with Crippen molar-refractivity contribution < 1.29 is 9.53 Å². The number of hydrogen-bond donors (Lipinski definition) is 1. The molecule has 5 rings (SSSR count). The summed E-state index contributed by atoms with van der Waals surface area (Å²) in [6.07, 6.45) is 3.82. The van der Waals surface area contributed by atoms with Gasteiger partial charge in [0.25, 0.3) is 0 Å². The molecule has 30 heavy (non-hydrogen) atoms. The molecule has 3 aromatic heterocycles. The number of hydrogen-bond acceptors (Lipinski definition) is 6. The first-order valence-electron chi connectivity index (χ1n) is 9.97. The highest BCUT2D eigenvalue weighted by atomic mass is 32.1. The number of amides is 1. The number of rotatable bonds is 4. The number of carbonyl (C=O) groups excluding carboxylic acids is 1. The maximum absolute atomic E-state index is 11.5. The predicted octanol–water partition coefficient (Wildman–Crippen LogP) is 3.73. The molecule has 1 aliphatic heterocycles. The molecular formula is C22H23N5O2S. The molecule has 0 saturated carbocycles. The number of morpholine rings is 1. The van der Waals surface area contributed by atoms with E-state index in [1.807, 2.05) is 19.4 Å². The van der Waals surface area contributed by atoms with Crippen molar-refractivity contribution in [3.63, 3.8) is 0 Å². The van der Waals surface area contributed by atoms with E-state index in [1.54, 1.807) is 23.2 Å². The van der Waals surface area contributed by atoms with Gasteiger partial charge in [0, 0.05) is 37.1 Å². The van der Waals surface area contributed by atoms with Crippen LogP contribution in [0.25, 0.3) is 21.1 Å². The zero-order valence-corrected chi connectivity index (χ0v) is 17.8. The third-order valence-electron chi connectivity index (χ3n) is 5.54. The predicted molar refractivity (Wildman–Crippen MR) is 119 cm³/mol. The molecule has 1 atom stereocenters. The quantitative estimate of drug-likeness (QED) is 0.544. The van der Waals surface area contributed by atoms with Crippen molar-refractivity contribution in [2.24, 2.45) is 0 Å².